The average Bonchev–Trinajstić information content (AvgIpc) is 2.38. The van der Waals surface area contributed by atoms with Gasteiger partial charge in [0.2, 0.25) is 11.8 Å². The van der Waals surface area contributed by atoms with Crippen LogP contribution in [0.4, 0.5) is 0 Å². The average molecular weight is 270 g/mol. The Labute approximate surface area is 117 Å². The summed E-state index contributed by atoms with van der Waals surface area (Å²) in [5, 5.41) is 2.73. The molecule has 1 N–H and O–H groups in total. The van der Waals surface area contributed by atoms with E-state index in [0.717, 1.165) is 25.8 Å². The van der Waals surface area contributed by atoms with E-state index in [2.05, 4.69) is 12.2 Å². The van der Waals surface area contributed by atoms with Gasteiger partial charge in [-0.3, -0.25) is 9.59 Å². The maximum Gasteiger partial charge on any atom is 0.222 e. The fourth-order valence-electron chi connectivity index (χ4n) is 1.95. The molecule has 0 aromatic rings. The highest BCUT2D eigenvalue weighted by molar-refractivity contribution is 5.75. The molecule has 0 unspecified atom stereocenters. The minimum Gasteiger partial charge on any atom is -0.356 e. The number of carbonyl (C=O) groups is 2. The van der Waals surface area contributed by atoms with Gasteiger partial charge in [-0.1, -0.05) is 39.0 Å². The SMILES string of the molecule is CCCCCCCCC(=O)N(C)CCCNC(C)=O. The molecule has 2 amide bonds. The lowest BCUT2D eigenvalue weighted by Gasteiger charge is -2.17. The third-order valence-electron chi connectivity index (χ3n) is 3.21. The molecule has 0 aliphatic carbocycles. The summed E-state index contributed by atoms with van der Waals surface area (Å²) in [6.07, 6.45) is 8.72. The van der Waals surface area contributed by atoms with Crippen molar-refractivity contribution in [3.63, 3.8) is 0 Å². The van der Waals surface area contributed by atoms with Gasteiger partial charge in [0.05, 0.1) is 0 Å². The Balaban J connectivity index is 3.46. The molecule has 0 heterocycles. The molecule has 0 rings (SSSR count). The van der Waals surface area contributed by atoms with Crippen molar-refractivity contribution in [3.05, 3.63) is 0 Å². The lowest BCUT2D eigenvalue weighted by molar-refractivity contribution is -0.130. The van der Waals surface area contributed by atoms with Crippen LogP contribution >= 0.6 is 0 Å². The van der Waals surface area contributed by atoms with Crippen LogP contribution in [0, 0.1) is 0 Å². The fraction of sp³-hybridized carbons (Fsp3) is 0.867. The van der Waals surface area contributed by atoms with Gasteiger partial charge in [-0.05, 0) is 12.8 Å². The van der Waals surface area contributed by atoms with Crippen LogP contribution in [0.2, 0.25) is 0 Å². The molecule has 4 heteroatoms. The van der Waals surface area contributed by atoms with Gasteiger partial charge in [-0.2, -0.15) is 0 Å². The first-order chi connectivity index (χ1) is 9.07. The highest BCUT2D eigenvalue weighted by Gasteiger charge is 2.07. The molecule has 112 valence electrons. The highest BCUT2D eigenvalue weighted by atomic mass is 16.2. The largest absolute Gasteiger partial charge is 0.356 e. The van der Waals surface area contributed by atoms with E-state index in [1.54, 1.807) is 4.90 Å². The lowest BCUT2D eigenvalue weighted by Crippen LogP contribution is -2.30. The van der Waals surface area contributed by atoms with Crippen molar-refractivity contribution >= 4 is 11.8 Å². The predicted octanol–water partition coefficient (Wildman–Crippen LogP) is 2.72. The van der Waals surface area contributed by atoms with Gasteiger partial charge in [0.1, 0.15) is 0 Å². The Morgan fingerprint density at radius 2 is 1.63 bits per heavy atom. The molecule has 0 aliphatic heterocycles. The van der Waals surface area contributed by atoms with E-state index in [4.69, 9.17) is 0 Å². The zero-order valence-corrected chi connectivity index (χ0v) is 12.8. The molecule has 0 bridgehead atoms. The van der Waals surface area contributed by atoms with Crippen LogP contribution in [0.25, 0.3) is 0 Å². The number of nitrogens with zero attached hydrogens (tertiary/aromatic N) is 1. The summed E-state index contributed by atoms with van der Waals surface area (Å²) in [5.74, 6) is 0.208. The first-order valence-corrected chi connectivity index (χ1v) is 7.56. The Bertz CT molecular complexity index is 255. The van der Waals surface area contributed by atoms with Crippen LogP contribution < -0.4 is 5.32 Å². The van der Waals surface area contributed by atoms with Gasteiger partial charge >= 0.3 is 0 Å². The molecular weight excluding hydrogens is 240 g/mol. The zero-order chi connectivity index (χ0) is 14.5. The van der Waals surface area contributed by atoms with Crippen LogP contribution in [0.3, 0.4) is 0 Å². The van der Waals surface area contributed by atoms with E-state index < -0.39 is 0 Å². The maximum atomic E-state index is 11.8. The van der Waals surface area contributed by atoms with Crippen molar-refractivity contribution in [1.82, 2.24) is 10.2 Å². The second kappa shape index (κ2) is 12.0. The van der Waals surface area contributed by atoms with Crippen molar-refractivity contribution in [3.8, 4) is 0 Å². The second-order valence-corrected chi connectivity index (χ2v) is 5.17. The fourth-order valence-corrected chi connectivity index (χ4v) is 1.95. The van der Waals surface area contributed by atoms with Crippen molar-refractivity contribution in [1.29, 1.82) is 0 Å². The minimum absolute atomic E-state index is 0.0129. The van der Waals surface area contributed by atoms with Gasteiger partial charge in [0, 0.05) is 33.5 Å². The summed E-state index contributed by atoms with van der Waals surface area (Å²) in [7, 11) is 1.84. The molecule has 0 radical (unpaired) electrons. The van der Waals surface area contributed by atoms with E-state index in [-0.39, 0.29) is 11.8 Å². The van der Waals surface area contributed by atoms with E-state index in [9.17, 15) is 9.59 Å². The highest BCUT2D eigenvalue weighted by Crippen LogP contribution is 2.08. The van der Waals surface area contributed by atoms with Gasteiger partial charge < -0.3 is 10.2 Å². The number of unbranched alkanes of at least 4 members (excludes halogenated alkanes) is 5. The molecule has 0 spiro atoms. The van der Waals surface area contributed by atoms with Crippen LogP contribution in [-0.4, -0.2) is 36.9 Å². The normalized spacial score (nSPS) is 10.3. The van der Waals surface area contributed by atoms with E-state index >= 15 is 0 Å². The maximum absolute atomic E-state index is 11.8. The summed E-state index contributed by atoms with van der Waals surface area (Å²) in [6.45, 7) is 5.08. The third kappa shape index (κ3) is 11.7. The van der Waals surface area contributed by atoms with Crippen LogP contribution in [0.15, 0.2) is 0 Å². The van der Waals surface area contributed by atoms with Crippen LogP contribution in [0.5, 0.6) is 0 Å². The predicted molar refractivity (Wildman–Crippen MR) is 78.9 cm³/mol. The standard InChI is InChI=1S/C15H30N2O2/c1-4-5-6-7-8-9-11-15(19)17(3)13-10-12-16-14(2)18/h4-13H2,1-3H3,(H,16,18). The lowest BCUT2D eigenvalue weighted by atomic mass is 10.1. The Hall–Kier alpha value is -1.06. The minimum atomic E-state index is -0.0129. The quantitative estimate of drug-likeness (QED) is 0.587. The van der Waals surface area contributed by atoms with Gasteiger partial charge in [0.15, 0.2) is 0 Å². The van der Waals surface area contributed by atoms with Gasteiger partial charge in [-0.15, -0.1) is 0 Å². The number of hydrogen-bond donors (Lipinski definition) is 1. The molecule has 0 fully saturated rings. The van der Waals surface area contributed by atoms with E-state index in [1.807, 2.05) is 7.05 Å². The summed E-state index contributed by atoms with van der Waals surface area (Å²) in [5.41, 5.74) is 0. The molecule has 0 aliphatic rings. The first-order valence-electron chi connectivity index (χ1n) is 7.56. The molecule has 0 atom stereocenters. The summed E-state index contributed by atoms with van der Waals surface area (Å²) in [4.78, 5) is 24.3. The topological polar surface area (TPSA) is 49.4 Å². The smallest absolute Gasteiger partial charge is 0.222 e. The van der Waals surface area contributed by atoms with Crippen LogP contribution in [0.1, 0.15) is 65.2 Å². The third-order valence-corrected chi connectivity index (χ3v) is 3.21. The summed E-state index contributed by atoms with van der Waals surface area (Å²) < 4.78 is 0. The molecule has 0 aromatic carbocycles. The second-order valence-electron chi connectivity index (χ2n) is 5.17. The van der Waals surface area contributed by atoms with Gasteiger partial charge in [-0.25, -0.2) is 0 Å². The number of hydrogen-bond acceptors (Lipinski definition) is 2. The number of carbonyl (C=O) groups excluding carboxylic acids is 2. The Morgan fingerprint density at radius 1 is 1.00 bits per heavy atom. The first kappa shape index (κ1) is 17.9. The van der Waals surface area contributed by atoms with Crippen molar-refractivity contribution in [2.75, 3.05) is 20.1 Å². The van der Waals surface area contributed by atoms with E-state index in [1.165, 1.54) is 32.6 Å². The summed E-state index contributed by atoms with van der Waals surface area (Å²) >= 11 is 0. The number of rotatable bonds is 11. The van der Waals surface area contributed by atoms with Crippen molar-refractivity contribution in [2.45, 2.75) is 65.2 Å². The number of nitrogens with one attached hydrogen (secondary N) is 1. The molecule has 0 saturated heterocycles. The number of amides is 2. The van der Waals surface area contributed by atoms with E-state index in [0.29, 0.717) is 13.0 Å². The summed E-state index contributed by atoms with van der Waals surface area (Å²) in [6, 6.07) is 0. The van der Waals surface area contributed by atoms with Crippen molar-refractivity contribution < 1.29 is 9.59 Å². The molecular formula is C15H30N2O2. The monoisotopic (exact) mass is 270 g/mol. The zero-order valence-electron chi connectivity index (χ0n) is 12.8. The molecule has 4 nitrogen and oxygen atoms in total. The van der Waals surface area contributed by atoms with Crippen molar-refractivity contribution in [2.24, 2.45) is 0 Å². The molecule has 19 heavy (non-hydrogen) atoms. The molecule has 0 saturated carbocycles. The Kier molecular flexibility index (Phi) is 11.3. The van der Waals surface area contributed by atoms with Gasteiger partial charge in [0.25, 0.3) is 0 Å². The molecule has 0 aromatic heterocycles. The van der Waals surface area contributed by atoms with Crippen LogP contribution in [-0.2, 0) is 9.59 Å². The Morgan fingerprint density at radius 3 is 2.26 bits per heavy atom.